The summed E-state index contributed by atoms with van der Waals surface area (Å²) in [6.07, 6.45) is 2.41. The third-order valence-corrected chi connectivity index (χ3v) is 6.21. The van der Waals surface area contributed by atoms with Crippen LogP contribution in [0.15, 0.2) is 47.4 Å². The first kappa shape index (κ1) is 19.9. The minimum absolute atomic E-state index is 0.205. The van der Waals surface area contributed by atoms with Gasteiger partial charge in [-0.1, -0.05) is 24.3 Å². The summed E-state index contributed by atoms with van der Waals surface area (Å²) in [5.74, 6) is 0.303. The number of carbonyl (C=O) groups excluding carboxylic acids is 1. The van der Waals surface area contributed by atoms with Crippen molar-refractivity contribution in [3.05, 3.63) is 65.0 Å². The summed E-state index contributed by atoms with van der Waals surface area (Å²) in [5, 5.41) is 2.99. The van der Waals surface area contributed by atoms with Gasteiger partial charge in [0.2, 0.25) is 10.0 Å². The Bertz CT molecular complexity index is 930. The minimum Gasteiger partial charge on any atom is -0.345 e. The predicted molar refractivity (Wildman–Crippen MR) is 105 cm³/mol. The highest BCUT2D eigenvalue weighted by atomic mass is 32.2. The number of carbonyl (C=O) groups is 1. The molecule has 2 aromatic carbocycles. The van der Waals surface area contributed by atoms with Gasteiger partial charge in [-0.25, -0.2) is 17.5 Å². The fourth-order valence-corrected chi connectivity index (χ4v) is 4.60. The van der Waals surface area contributed by atoms with Gasteiger partial charge < -0.3 is 5.32 Å². The molecule has 8 heteroatoms. The van der Waals surface area contributed by atoms with Crippen molar-refractivity contribution >= 4 is 27.7 Å². The Morgan fingerprint density at radius 1 is 1.22 bits per heavy atom. The molecule has 2 aromatic rings. The largest absolute Gasteiger partial charge is 0.345 e. The number of hydrogen-bond acceptors (Lipinski definition) is 4. The number of fused-ring (bicyclic) bond motifs is 1. The molecule has 3 rings (SSSR count). The molecule has 1 heterocycles. The molecule has 0 aliphatic carbocycles. The van der Waals surface area contributed by atoms with Crippen LogP contribution in [0.2, 0.25) is 0 Å². The van der Waals surface area contributed by atoms with Gasteiger partial charge in [0, 0.05) is 22.8 Å². The van der Waals surface area contributed by atoms with E-state index in [0.29, 0.717) is 23.4 Å². The van der Waals surface area contributed by atoms with E-state index >= 15 is 0 Å². The van der Waals surface area contributed by atoms with Crippen LogP contribution in [0.4, 0.5) is 4.39 Å². The fraction of sp³-hybridized carbons (Fsp3) is 0.316. The number of rotatable bonds is 6. The van der Waals surface area contributed by atoms with Crippen LogP contribution in [0, 0.1) is 5.82 Å². The van der Waals surface area contributed by atoms with Gasteiger partial charge >= 0.3 is 0 Å². The molecule has 0 fully saturated rings. The number of thioether (sulfide) groups is 1. The summed E-state index contributed by atoms with van der Waals surface area (Å²) >= 11 is 1.48. The molecule has 0 spiro atoms. The summed E-state index contributed by atoms with van der Waals surface area (Å²) in [6, 6.07) is 11.8. The quantitative estimate of drug-likeness (QED) is 0.771. The van der Waals surface area contributed by atoms with Gasteiger partial charge in [-0.15, -0.1) is 11.8 Å². The second kappa shape index (κ2) is 8.41. The third kappa shape index (κ3) is 5.31. The minimum atomic E-state index is -3.20. The summed E-state index contributed by atoms with van der Waals surface area (Å²) < 4.78 is 38.5. The van der Waals surface area contributed by atoms with Crippen molar-refractivity contribution < 1.29 is 17.6 Å². The van der Waals surface area contributed by atoms with Crippen LogP contribution < -0.4 is 10.0 Å². The van der Waals surface area contributed by atoms with Crippen LogP contribution in [0.25, 0.3) is 0 Å². The maximum Gasteiger partial charge on any atom is 0.251 e. The van der Waals surface area contributed by atoms with E-state index in [1.54, 1.807) is 18.2 Å². The number of hydrogen-bond donors (Lipinski definition) is 2. The van der Waals surface area contributed by atoms with Crippen LogP contribution in [-0.4, -0.2) is 32.9 Å². The lowest BCUT2D eigenvalue weighted by molar-refractivity contribution is 0.0934. The first-order valence-corrected chi connectivity index (χ1v) is 11.5. The summed E-state index contributed by atoms with van der Waals surface area (Å²) in [6.45, 7) is 0.312. The van der Waals surface area contributed by atoms with E-state index < -0.39 is 10.0 Å². The zero-order valence-electron chi connectivity index (χ0n) is 14.9. The van der Waals surface area contributed by atoms with Gasteiger partial charge in [0.1, 0.15) is 5.82 Å². The maximum absolute atomic E-state index is 13.9. The Labute approximate surface area is 162 Å². The Morgan fingerprint density at radius 2 is 1.96 bits per heavy atom. The van der Waals surface area contributed by atoms with Gasteiger partial charge in [0.05, 0.1) is 12.3 Å². The Kier molecular flexibility index (Phi) is 6.18. The second-order valence-corrected chi connectivity index (χ2v) is 9.37. The van der Waals surface area contributed by atoms with Crippen LogP contribution in [0.3, 0.4) is 0 Å². The van der Waals surface area contributed by atoms with E-state index in [0.717, 1.165) is 29.6 Å². The van der Waals surface area contributed by atoms with E-state index in [9.17, 15) is 17.6 Å². The molecular formula is C19H21FN2O3S2. The molecule has 0 radical (unpaired) electrons. The molecule has 144 valence electrons. The number of benzene rings is 2. The molecule has 0 saturated carbocycles. The van der Waals surface area contributed by atoms with Crippen molar-refractivity contribution in [3.63, 3.8) is 0 Å². The first-order chi connectivity index (χ1) is 12.8. The van der Waals surface area contributed by atoms with Gasteiger partial charge in [-0.05, 0) is 42.2 Å². The van der Waals surface area contributed by atoms with Gasteiger partial charge in [-0.2, -0.15) is 0 Å². The zero-order valence-corrected chi connectivity index (χ0v) is 16.5. The van der Waals surface area contributed by atoms with Gasteiger partial charge in [-0.3, -0.25) is 4.79 Å². The summed E-state index contributed by atoms with van der Waals surface area (Å²) in [5.41, 5.74) is 2.28. The Hall–Kier alpha value is -1.90. The van der Waals surface area contributed by atoms with Crippen molar-refractivity contribution in [3.8, 4) is 0 Å². The number of sulfonamides is 1. The van der Waals surface area contributed by atoms with E-state index in [1.807, 2.05) is 18.2 Å². The van der Waals surface area contributed by atoms with Crippen LogP contribution in [-0.2, 0) is 16.4 Å². The average Bonchev–Trinajstić information content (AvgIpc) is 2.62. The number of halogens is 1. The van der Waals surface area contributed by atoms with Crippen LogP contribution >= 0.6 is 11.8 Å². The SMILES string of the molecule is CS(=O)(=O)NCCc1ccc(C(=O)NC2CCSc3c(F)cccc32)cc1. The molecule has 1 aliphatic heterocycles. The maximum atomic E-state index is 13.9. The van der Waals surface area contributed by atoms with Crippen LogP contribution in [0.1, 0.15) is 33.9 Å². The topological polar surface area (TPSA) is 75.3 Å². The highest BCUT2D eigenvalue weighted by molar-refractivity contribution is 7.99. The number of amides is 1. The van der Waals surface area contributed by atoms with E-state index in [1.165, 1.54) is 17.8 Å². The number of nitrogens with one attached hydrogen (secondary N) is 2. The molecule has 27 heavy (non-hydrogen) atoms. The predicted octanol–water partition coefficient (Wildman–Crippen LogP) is 2.88. The average molecular weight is 409 g/mol. The molecule has 0 aromatic heterocycles. The van der Waals surface area contributed by atoms with Gasteiger partial charge in [0.15, 0.2) is 0 Å². The van der Waals surface area contributed by atoms with Gasteiger partial charge in [0.25, 0.3) is 5.91 Å². The summed E-state index contributed by atoms with van der Waals surface area (Å²) in [7, 11) is -3.20. The smallest absolute Gasteiger partial charge is 0.251 e. The normalized spacial score (nSPS) is 16.6. The van der Waals surface area contributed by atoms with E-state index in [4.69, 9.17) is 0 Å². The fourth-order valence-electron chi connectivity index (χ4n) is 2.98. The van der Waals surface area contributed by atoms with Crippen molar-refractivity contribution in [1.82, 2.24) is 10.0 Å². The lowest BCUT2D eigenvalue weighted by Crippen LogP contribution is -2.30. The standard InChI is InChI=1S/C19H21FN2O3S2/c1-27(24,25)21-11-9-13-5-7-14(8-6-13)19(23)22-17-10-12-26-18-15(17)3-2-4-16(18)20/h2-8,17,21H,9-12H2,1H3,(H,22,23). The molecule has 1 aliphatic rings. The molecular weight excluding hydrogens is 387 g/mol. The molecule has 1 atom stereocenters. The molecule has 5 nitrogen and oxygen atoms in total. The van der Waals surface area contributed by atoms with E-state index in [-0.39, 0.29) is 17.8 Å². The first-order valence-electron chi connectivity index (χ1n) is 8.59. The lowest BCUT2D eigenvalue weighted by Gasteiger charge is -2.26. The lowest BCUT2D eigenvalue weighted by atomic mass is 10.0. The summed E-state index contributed by atoms with van der Waals surface area (Å²) in [4.78, 5) is 13.2. The molecule has 1 amide bonds. The molecule has 0 bridgehead atoms. The molecule has 2 N–H and O–H groups in total. The Morgan fingerprint density at radius 3 is 2.67 bits per heavy atom. The highest BCUT2D eigenvalue weighted by Crippen LogP contribution is 2.37. The zero-order chi connectivity index (χ0) is 19.4. The van der Waals surface area contributed by atoms with Crippen molar-refractivity contribution in [2.45, 2.75) is 23.8 Å². The van der Waals surface area contributed by atoms with Crippen molar-refractivity contribution in [2.24, 2.45) is 0 Å². The third-order valence-electron chi connectivity index (χ3n) is 4.33. The highest BCUT2D eigenvalue weighted by Gasteiger charge is 2.24. The molecule has 0 saturated heterocycles. The second-order valence-electron chi connectivity index (χ2n) is 6.43. The van der Waals surface area contributed by atoms with Crippen molar-refractivity contribution in [1.29, 1.82) is 0 Å². The molecule has 1 unspecified atom stereocenters. The van der Waals surface area contributed by atoms with E-state index in [2.05, 4.69) is 10.0 Å². The monoisotopic (exact) mass is 408 g/mol. The van der Waals surface area contributed by atoms with Crippen molar-refractivity contribution in [2.75, 3.05) is 18.6 Å². The van der Waals surface area contributed by atoms with Crippen LogP contribution in [0.5, 0.6) is 0 Å². The Balaban J connectivity index is 1.63.